The summed E-state index contributed by atoms with van der Waals surface area (Å²) >= 11 is 3.85. The van der Waals surface area contributed by atoms with E-state index in [0.29, 0.717) is 0 Å². The molecule has 0 aliphatic carbocycles. The number of carbonyl (C=O) groups excluding carboxylic acids is 1. The van der Waals surface area contributed by atoms with Gasteiger partial charge in [0.2, 0.25) is 0 Å². The molecular weight excluding hydrogens is 331 g/mol. The number of ketones is 1. The summed E-state index contributed by atoms with van der Waals surface area (Å²) in [5.74, 6) is 0.123. The van der Waals surface area contributed by atoms with Crippen LogP contribution in [0.15, 0.2) is 29.6 Å². The molecule has 2 rings (SSSR count). The number of rotatable bonds is 2. The summed E-state index contributed by atoms with van der Waals surface area (Å²) < 4.78 is 1.05. The Kier molecular flexibility index (Phi) is 3.44. The van der Waals surface area contributed by atoms with Crippen molar-refractivity contribution in [3.8, 4) is 0 Å². The lowest BCUT2D eigenvalue weighted by molar-refractivity contribution is 0.103. The molecule has 0 fully saturated rings. The maximum absolute atomic E-state index is 12.2. The third-order valence-corrected chi connectivity index (χ3v) is 4.72. The zero-order valence-electron chi connectivity index (χ0n) is 9.08. The Balaban J connectivity index is 2.45. The van der Waals surface area contributed by atoms with Gasteiger partial charge >= 0.3 is 0 Å². The Bertz CT molecular complexity index is 543. The molecule has 0 saturated carbocycles. The molecule has 0 radical (unpaired) electrons. The van der Waals surface area contributed by atoms with Gasteiger partial charge in [-0.25, -0.2) is 0 Å². The molecule has 1 nitrogen and oxygen atoms in total. The predicted molar refractivity (Wildman–Crippen MR) is 76.4 cm³/mol. The highest BCUT2D eigenvalue weighted by Crippen LogP contribution is 2.22. The molecule has 0 unspecified atom stereocenters. The summed E-state index contributed by atoms with van der Waals surface area (Å²) in [5.41, 5.74) is 2.75. The number of hydrogen-bond donors (Lipinski definition) is 0. The SMILES string of the molecule is Cc1cc(C(=O)c2cccc(C)c2I)cs1. The molecule has 0 spiro atoms. The summed E-state index contributed by atoms with van der Waals surface area (Å²) in [6, 6.07) is 7.80. The van der Waals surface area contributed by atoms with Crippen LogP contribution in [0, 0.1) is 17.4 Å². The fourth-order valence-electron chi connectivity index (χ4n) is 1.54. The van der Waals surface area contributed by atoms with Crippen LogP contribution in [0.25, 0.3) is 0 Å². The zero-order valence-corrected chi connectivity index (χ0v) is 12.1. The van der Waals surface area contributed by atoms with Crippen LogP contribution in [0.2, 0.25) is 0 Å². The molecule has 0 aliphatic rings. The number of benzene rings is 1. The van der Waals surface area contributed by atoms with E-state index in [0.717, 1.165) is 20.3 Å². The second kappa shape index (κ2) is 4.67. The highest BCUT2D eigenvalue weighted by molar-refractivity contribution is 14.1. The molecule has 0 bridgehead atoms. The van der Waals surface area contributed by atoms with E-state index >= 15 is 0 Å². The third-order valence-electron chi connectivity index (χ3n) is 2.43. The predicted octanol–water partition coefficient (Wildman–Crippen LogP) is 4.20. The van der Waals surface area contributed by atoms with Gasteiger partial charge < -0.3 is 0 Å². The first-order valence-corrected chi connectivity index (χ1v) is 6.90. The average molecular weight is 342 g/mol. The van der Waals surface area contributed by atoms with Gasteiger partial charge in [0.05, 0.1) is 0 Å². The van der Waals surface area contributed by atoms with E-state index < -0.39 is 0 Å². The van der Waals surface area contributed by atoms with Crippen molar-refractivity contribution in [2.45, 2.75) is 13.8 Å². The van der Waals surface area contributed by atoms with Gasteiger partial charge in [0.15, 0.2) is 5.78 Å². The maximum Gasteiger partial charge on any atom is 0.194 e. The van der Waals surface area contributed by atoms with E-state index in [2.05, 4.69) is 22.6 Å². The molecule has 16 heavy (non-hydrogen) atoms. The molecule has 1 aromatic heterocycles. The summed E-state index contributed by atoms with van der Waals surface area (Å²) in [6.45, 7) is 4.04. The minimum atomic E-state index is 0.123. The van der Waals surface area contributed by atoms with Crippen molar-refractivity contribution < 1.29 is 4.79 Å². The fraction of sp³-hybridized carbons (Fsp3) is 0.154. The highest BCUT2D eigenvalue weighted by atomic mass is 127. The molecule has 1 aromatic carbocycles. The maximum atomic E-state index is 12.2. The monoisotopic (exact) mass is 342 g/mol. The first-order valence-electron chi connectivity index (χ1n) is 4.94. The van der Waals surface area contributed by atoms with Gasteiger partial charge in [0.25, 0.3) is 0 Å². The Labute approximate surface area is 113 Å². The van der Waals surface area contributed by atoms with E-state index in [1.54, 1.807) is 11.3 Å². The van der Waals surface area contributed by atoms with Crippen LogP contribution in [-0.4, -0.2) is 5.78 Å². The normalized spacial score (nSPS) is 10.4. The largest absolute Gasteiger partial charge is 0.289 e. The number of halogens is 1. The van der Waals surface area contributed by atoms with Crippen LogP contribution in [0.4, 0.5) is 0 Å². The van der Waals surface area contributed by atoms with E-state index in [9.17, 15) is 4.79 Å². The van der Waals surface area contributed by atoms with Crippen LogP contribution in [-0.2, 0) is 0 Å². The molecule has 0 saturated heterocycles. The van der Waals surface area contributed by atoms with Gasteiger partial charge in [-0.3, -0.25) is 4.79 Å². The first-order chi connectivity index (χ1) is 7.59. The first kappa shape index (κ1) is 11.8. The summed E-state index contributed by atoms with van der Waals surface area (Å²) in [6.07, 6.45) is 0. The second-order valence-corrected chi connectivity index (χ2v) is 5.91. The molecule has 1 heterocycles. The van der Waals surface area contributed by atoms with Crippen molar-refractivity contribution in [1.29, 1.82) is 0 Å². The zero-order chi connectivity index (χ0) is 11.7. The van der Waals surface area contributed by atoms with Gasteiger partial charge in [-0.15, -0.1) is 11.3 Å². The minimum Gasteiger partial charge on any atom is -0.289 e. The number of thiophene rings is 1. The third kappa shape index (κ3) is 2.20. The molecule has 82 valence electrons. The highest BCUT2D eigenvalue weighted by Gasteiger charge is 2.14. The van der Waals surface area contributed by atoms with Crippen LogP contribution >= 0.6 is 33.9 Å². The Morgan fingerprint density at radius 1 is 1.31 bits per heavy atom. The lowest BCUT2D eigenvalue weighted by Crippen LogP contribution is -2.03. The lowest BCUT2D eigenvalue weighted by atomic mass is 10.0. The van der Waals surface area contributed by atoms with Crippen molar-refractivity contribution in [1.82, 2.24) is 0 Å². The van der Waals surface area contributed by atoms with Crippen molar-refractivity contribution >= 4 is 39.7 Å². The molecule has 0 atom stereocenters. The van der Waals surface area contributed by atoms with E-state index in [-0.39, 0.29) is 5.78 Å². The Hall–Kier alpha value is -0.680. The van der Waals surface area contributed by atoms with Crippen LogP contribution in [0.3, 0.4) is 0 Å². The van der Waals surface area contributed by atoms with Gasteiger partial charge in [0.1, 0.15) is 0 Å². The van der Waals surface area contributed by atoms with E-state index in [1.807, 2.05) is 43.5 Å². The van der Waals surface area contributed by atoms with Gasteiger partial charge in [-0.1, -0.05) is 12.1 Å². The molecule has 0 aliphatic heterocycles. The molecule has 0 N–H and O–H groups in total. The topological polar surface area (TPSA) is 17.1 Å². The Morgan fingerprint density at radius 2 is 2.06 bits per heavy atom. The van der Waals surface area contributed by atoms with Crippen LogP contribution in [0.5, 0.6) is 0 Å². The lowest BCUT2D eigenvalue weighted by Gasteiger charge is -2.04. The number of carbonyl (C=O) groups is 1. The van der Waals surface area contributed by atoms with Crippen LogP contribution < -0.4 is 0 Å². The molecule has 3 heteroatoms. The van der Waals surface area contributed by atoms with E-state index in [1.165, 1.54) is 4.88 Å². The number of hydrogen-bond acceptors (Lipinski definition) is 2. The summed E-state index contributed by atoms with van der Waals surface area (Å²) in [7, 11) is 0. The van der Waals surface area contributed by atoms with Crippen molar-refractivity contribution in [2.24, 2.45) is 0 Å². The van der Waals surface area contributed by atoms with Crippen molar-refractivity contribution in [3.63, 3.8) is 0 Å². The molecular formula is C13H11IOS. The fourth-order valence-corrected chi connectivity index (χ4v) is 2.83. The average Bonchev–Trinajstić information content (AvgIpc) is 2.68. The summed E-state index contributed by atoms with van der Waals surface area (Å²) in [5, 5.41) is 1.93. The van der Waals surface area contributed by atoms with Crippen molar-refractivity contribution in [2.75, 3.05) is 0 Å². The van der Waals surface area contributed by atoms with Gasteiger partial charge in [0, 0.05) is 25.0 Å². The number of aryl methyl sites for hydroxylation is 2. The van der Waals surface area contributed by atoms with Crippen molar-refractivity contribution in [3.05, 3.63) is 54.8 Å². The second-order valence-electron chi connectivity index (χ2n) is 3.71. The minimum absolute atomic E-state index is 0.123. The van der Waals surface area contributed by atoms with Gasteiger partial charge in [-0.2, -0.15) is 0 Å². The summed E-state index contributed by atoms with van der Waals surface area (Å²) in [4.78, 5) is 13.4. The quantitative estimate of drug-likeness (QED) is 0.591. The standard InChI is InChI=1S/C13H11IOS/c1-8-4-3-5-11(12(8)14)13(15)10-6-9(2)16-7-10/h3-7H,1-2H3. The Morgan fingerprint density at radius 3 is 2.69 bits per heavy atom. The smallest absolute Gasteiger partial charge is 0.194 e. The van der Waals surface area contributed by atoms with Crippen LogP contribution in [0.1, 0.15) is 26.4 Å². The molecule has 0 amide bonds. The molecule has 2 aromatic rings. The van der Waals surface area contributed by atoms with Gasteiger partial charge in [-0.05, 0) is 54.1 Å². The van der Waals surface area contributed by atoms with E-state index in [4.69, 9.17) is 0 Å².